The monoisotopic (exact) mass is 237 g/mol. The third-order valence-electron chi connectivity index (χ3n) is 2.08. The number of hydrogen-bond donors (Lipinski definition) is 0. The number of hydrogen-bond acceptors (Lipinski definition) is 3. The lowest BCUT2D eigenvalue weighted by molar-refractivity contribution is 0.254. The molecule has 0 radical (unpaired) electrons. The van der Waals surface area contributed by atoms with E-state index in [4.69, 9.17) is 20.8 Å². The van der Waals surface area contributed by atoms with Gasteiger partial charge in [0.05, 0.1) is 6.61 Å². The minimum atomic E-state index is 0.447. The Balaban J connectivity index is 2.46. The summed E-state index contributed by atoms with van der Waals surface area (Å²) in [6.45, 7) is 4.23. The first kappa shape index (κ1) is 11.0. The molecule has 0 amide bonds. The van der Waals surface area contributed by atoms with Crippen LogP contribution in [0.4, 0.5) is 0 Å². The first-order valence-corrected chi connectivity index (χ1v) is 5.44. The Morgan fingerprint density at radius 2 is 2.25 bits per heavy atom. The standard InChI is InChI=1S/C12H12ClNO2/c1-3-15-12-11(14-8(2)16-12)9-5-4-6-10(13)7-9/h4-7H,3H2,1-2H3. The zero-order valence-corrected chi connectivity index (χ0v) is 9.91. The fraction of sp³-hybridized carbons (Fsp3) is 0.250. The van der Waals surface area contributed by atoms with E-state index in [1.807, 2.05) is 31.2 Å². The first-order chi connectivity index (χ1) is 7.70. The van der Waals surface area contributed by atoms with Gasteiger partial charge in [-0.1, -0.05) is 23.7 Å². The zero-order chi connectivity index (χ0) is 11.5. The summed E-state index contributed by atoms with van der Waals surface area (Å²) in [7, 11) is 0. The maximum absolute atomic E-state index is 5.93. The topological polar surface area (TPSA) is 35.3 Å². The molecule has 0 fully saturated rings. The molecule has 0 aliphatic carbocycles. The summed E-state index contributed by atoms with van der Waals surface area (Å²) >= 11 is 5.93. The molecule has 1 aromatic carbocycles. The van der Waals surface area contributed by atoms with E-state index in [9.17, 15) is 0 Å². The maximum Gasteiger partial charge on any atom is 0.313 e. The van der Waals surface area contributed by atoms with Crippen LogP contribution in [0.15, 0.2) is 28.7 Å². The molecule has 16 heavy (non-hydrogen) atoms. The highest BCUT2D eigenvalue weighted by molar-refractivity contribution is 6.30. The SMILES string of the molecule is CCOc1oc(C)nc1-c1cccc(Cl)c1. The Morgan fingerprint density at radius 1 is 1.44 bits per heavy atom. The molecule has 0 saturated heterocycles. The molecule has 1 heterocycles. The second kappa shape index (κ2) is 4.58. The predicted octanol–water partition coefficient (Wildman–Crippen LogP) is 3.70. The van der Waals surface area contributed by atoms with Crippen molar-refractivity contribution in [1.29, 1.82) is 0 Å². The molecular formula is C12H12ClNO2. The summed E-state index contributed by atoms with van der Waals surface area (Å²) < 4.78 is 10.8. The van der Waals surface area contributed by atoms with Gasteiger partial charge < -0.3 is 9.15 Å². The lowest BCUT2D eigenvalue weighted by Gasteiger charge is -2.01. The van der Waals surface area contributed by atoms with E-state index < -0.39 is 0 Å². The molecule has 2 aromatic rings. The van der Waals surface area contributed by atoms with E-state index in [1.54, 1.807) is 6.92 Å². The van der Waals surface area contributed by atoms with Crippen LogP contribution in [0.25, 0.3) is 11.3 Å². The molecule has 0 saturated carbocycles. The van der Waals surface area contributed by atoms with E-state index in [0.717, 1.165) is 5.56 Å². The van der Waals surface area contributed by atoms with Gasteiger partial charge in [-0.3, -0.25) is 0 Å². The Morgan fingerprint density at radius 3 is 2.94 bits per heavy atom. The van der Waals surface area contributed by atoms with Crippen LogP contribution in [0.3, 0.4) is 0 Å². The van der Waals surface area contributed by atoms with E-state index in [2.05, 4.69) is 4.98 Å². The first-order valence-electron chi connectivity index (χ1n) is 5.07. The third-order valence-corrected chi connectivity index (χ3v) is 2.31. The summed E-state index contributed by atoms with van der Waals surface area (Å²) in [6.07, 6.45) is 0. The number of aromatic nitrogens is 1. The van der Waals surface area contributed by atoms with Crippen molar-refractivity contribution in [2.45, 2.75) is 13.8 Å². The Labute approximate surface area is 99.0 Å². The highest BCUT2D eigenvalue weighted by Gasteiger charge is 2.14. The van der Waals surface area contributed by atoms with Crippen LogP contribution in [0, 0.1) is 6.92 Å². The van der Waals surface area contributed by atoms with Gasteiger partial charge >= 0.3 is 5.95 Å². The molecular weight excluding hydrogens is 226 g/mol. The van der Waals surface area contributed by atoms with Crippen molar-refractivity contribution >= 4 is 11.6 Å². The molecule has 0 bridgehead atoms. The summed E-state index contributed by atoms with van der Waals surface area (Å²) in [4.78, 5) is 4.29. The second-order valence-corrected chi connectivity index (χ2v) is 3.75. The van der Waals surface area contributed by atoms with Crippen molar-refractivity contribution in [2.24, 2.45) is 0 Å². The molecule has 0 N–H and O–H groups in total. The molecule has 1 aromatic heterocycles. The van der Waals surface area contributed by atoms with E-state index in [-0.39, 0.29) is 0 Å². The molecule has 0 atom stereocenters. The zero-order valence-electron chi connectivity index (χ0n) is 9.16. The smallest absolute Gasteiger partial charge is 0.313 e. The van der Waals surface area contributed by atoms with Gasteiger partial charge in [-0.05, 0) is 19.1 Å². The second-order valence-electron chi connectivity index (χ2n) is 3.31. The molecule has 0 aliphatic rings. The summed E-state index contributed by atoms with van der Waals surface area (Å²) in [5.41, 5.74) is 1.59. The van der Waals surface area contributed by atoms with Gasteiger partial charge in [-0.15, -0.1) is 0 Å². The highest BCUT2D eigenvalue weighted by Crippen LogP contribution is 2.31. The molecule has 0 spiro atoms. The van der Waals surface area contributed by atoms with Crippen molar-refractivity contribution in [3.05, 3.63) is 35.2 Å². The van der Waals surface area contributed by atoms with Gasteiger partial charge in [-0.2, -0.15) is 0 Å². The molecule has 2 rings (SSSR count). The number of benzene rings is 1. The molecule has 0 aliphatic heterocycles. The van der Waals surface area contributed by atoms with Crippen LogP contribution in [0.1, 0.15) is 12.8 Å². The highest BCUT2D eigenvalue weighted by atomic mass is 35.5. The molecule has 3 nitrogen and oxygen atoms in total. The van der Waals surface area contributed by atoms with Gasteiger partial charge in [-0.25, -0.2) is 4.98 Å². The van der Waals surface area contributed by atoms with Crippen LogP contribution < -0.4 is 4.74 Å². The average molecular weight is 238 g/mol. The van der Waals surface area contributed by atoms with Crippen molar-refractivity contribution in [2.75, 3.05) is 6.61 Å². The summed E-state index contributed by atoms with van der Waals surface area (Å²) in [5, 5.41) is 0.667. The van der Waals surface area contributed by atoms with Crippen LogP contribution in [-0.4, -0.2) is 11.6 Å². The van der Waals surface area contributed by atoms with Gasteiger partial charge in [0, 0.05) is 17.5 Å². The number of ether oxygens (including phenoxy) is 1. The van der Waals surface area contributed by atoms with Gasteiger partial charge in [0.25, 0.3) is 0 Å². The van der Waals surface area contributed by atoms with Crippen LogP contribution >= 0.6 is 11.6 Å². The minimum absolute atomic E-state index is 0.447. The molecule has 4 heteroatoms. The quantitative estimate of drug-likeness (QED) is 0.817. The Bertz CT molecular complexity index is 494. The van der Waals surface area contributed by atoms with Gasteiger partial charge in [0.15, 0.2) is 11.6 Å². The molecule has 84 valence electrons. The lowest BCUT2D eigenvalue weighted by atomic mass is 10.2. The van der Waals surface area contributed by atoms with Crippen molar-refractivity contribution in [1.82, 2.24) is 4.98 Å². The van der Waals surface area contributed by atoms with E-state index in [1.165, 1.54) is 0 Å². The lowest BCUT2D eigenvalue weighted by Crippen LogP contribution is -1.91. The number of nitrogens with zero attached hydrogens (tertiary/aromatic N) is 1. The summed E-state index contributed by atoms with van der Waals surface area (Å²) in [5.74, 6) is 1.03. The van der Waals surface area contributed by atoms with Gasteiger partial charge in [0.2, 0.25) is 0 Å². The Hall–Kier alpha value is -1.48. The third kappa shape index (κ3) is 2.19. The van der Waals surface area contributed by atoms with Crippen molar-refractivity contribution in [3.8, 4) is 17.2 Å². The largest absolute Gasteiger partial charge is 0.464 e. The number of oxazole rings is 1. The fourth-order valence-corrected chi connectivity index (χ4v) is 1.65. The van der Waals surface area contributed by atoms with E-state index >= 15 is 0 Å². The number of halogens is 1. The van der Waals surface area contributed by atoms with Crippen LogP contribution in [0.2, 0.25) is 5.02 Å². The molecule has 0 unspecified atom stereocenters. The van der Waals surface area contributed by atoms with Crippen LogP contribution in [-0.2, 0) is 0 Å². The normalized spacial score (nSPS) is 10.4. The number of rotatable bonds is 3. The average Bonchev–Trinajstić information content (AvgIpc) is 2.60. The fourth-order valence-electron chi connectivity index (χ4n) is 1.46. The van der Waals surface area contributed by atoms with Crippen molar-refractivity contribution in [3.63, 3.8) is 0 Å². The van der Waals surface area contributed by atoms with Crippen molar-refractivity contribution < 1.29 is 9.15 Å². The maximum atomic E-state index is 5.93. The van der Waals surface area contributed by atoms with Gasteiger partial charge in [0.1, 0.15) is 0 Å². The van der Waals surface area contributed by atoms with E-state index in [0.29, 0.717) is 29.2 Å². The minimum Gasteiger partial charge on any atom is -0.464 e. The number of aryl methyl sites for hydroxylation is 1. The van der Waals surface area contributed by atoms with Crippen LogP contribution in [0.5, 0.6) is 5.95 Å². The Kier molecular flexibility index (Phi) is 3.15. The predicted molar refractivity (Wildman–Crippen MR) is 62.9 cm³/mol. The summed E-state index contributed by atoms with van der Waals surface area (Å²) in [6, 6.07) is 7.45.